The summed E-state index contributed by atoms with van der Waals surface area (Å²) in [4.78, 5) is 24.8. The number of hydrogen-bond acceptors (Lipinski definition) is 5. The van der Waals surface area contributed by atoms with Crippen molar-refractivity contribution in [2.24, 2.45) is 0 Å². The van der Waals surface area contributed by atoms with Crippen molar-refractivity contribution in [3.05, 3.63) is 57.3 Å². The van der Waals surface area contributed by atoms with E-state index in [0.717, 1.165) is 48.7 Å². The van der Waals surface area contributed by atoms with Gasteiger partial charge >= 0.3 is 11.9 Å². The Morgan fingerprint density at radius 3 is 2.11 bits per heavy atom. The number of rotatable bonds is 16. The van der Waals surface area contributed by atoms with Crippen molar-refractivity contribution in [2.45, 2.75) is 97.6 Å². The Kier molecular flexibility index (Phi) is 11.6. The molecular formula is C29H42O6SSi. The fourth-order valence-corrected chi connectivity index (χ4v) is 8.83. The van der Waals surface area contributed by atoms with Crippen molar-refractivity contribution in [2.75, 3.05) is 0 Å². The highest BCUT2D eigenvalue weighted by Crippen LogP contribution is 2.36. The largest absolute Gasteiger partial charge is 0.488 e. The van der Waals surface area contributed by atoms with Crippen LogP contribution in [0.3, 0.4) is 0 Å². The molecule has 8 heteroatoms. The normalized spacial score (nSPS) is 12.5. The third-order valence-corrected chi connectivity index (χ3v) is 13.5. The van der Waals surface area contributed by atoms with E-state index in [1.54, 1.807) is 11.3 Å². The summed E-state index contributed by atoms with van der Waals surface area (Å²) in [5, 5.41) is 18.5. The predicted molar refractivity (Wildman–Crippen MR) is 153 cm³/mol. The molecule has 0 fully saturated rings. The van der Waals surface area contributed by atoms with Crippen LogP contribution in [0.1, 0.15) is 97.7 Å². The Morgan fingerprint density at radius 2 is 1.57 bits per heavy atom. The highest BCUT2D eigenvalue weighted by Gasteiger charge is 2.38. The Bertz CT molecular complexity index is 1070. The van der Waals surface area contributed by atoms with Crippen LogP contribution in [-0.4, -0.2) is 36.1 Å². The van der Waals surface area contributed by atoms with Crippen molar-refractivity contribution in [3.8, 4) is 5.75 Å². The Labute approximate surface area is 226 Å². The lowest BCUT2D eigenvalue weighted by Crippen LogP contribution is -2.46. The quantitative estimate of drug-likeness (QED) is 0.205. The first-order valence-electron chi connectivity index (χ1n) is 13.3. The number of ether oxygens (including phenoxy) is 1. The van der Waals surface area contributed by atoms with Gasteiger partial charge in [0.2, 0.25) is 0 Å². The highest BCUT2D eigenvalue weighted by atomic mass is 32.1. The van der Waals surface area contributed by atoms with Crippen LogP contribution in [-0.2, 0) is 11.0 Å². The molecule has 0 unspecified atom stereocenters. The molecule has 0 aliphatic carbocycles. The maximum atomic E-state index is 11.4. The molecule has 0 bridgehead atoms. The molecule has 0 amide bonds. The number of carboxylic acids is 2. The minimum absolute atomic E-state index is 0.0511. The van der Waals surface area contributed by atoms with Crippen LogP contribution in [0.25, 0.3) is 5.57 Å². The van der Waals surface area contributed by atoms with Crippen molar-refractivity contribution >= 4 is 37.2 Å². The third-order valence-electron chi connectivity index (χ3n) is 7.59. The molecule has 0 spiro atoms. The number of thiophene rings is 1. The molecule has 0 radical (unpaired) electrons. The molecule has 1 aromatic heterocycles. The lowest BCUT2D eigenvalue weighted by Gasteiger charge is -2.42. The molecule has 0 aliphatic heterocycles. The van der Waals surface area contributed by atoms with Gasteiger partial charge in [-0.15, -0.1) is 11.3 Å². The molecule has 0 atom stereocenters. The first-order valence-corrected chi connectivity index (χ1v) is 16.6. The minimum Gasteiger partial charge on any atom is -0.488 e. The minimum atomic E-state index is -1.68. The van der Waals surface area contributed by atoms with Gasteiger partial charge in [-0.3, -0.25) is 0 Å². The fraction of sp³-hybridized carbons (Fsp3) is 0.517. The second-order valence-electron chi connectivity index (χ2n) is 9.53. The first-order chi connectivity index (χ1) is 17.6. The van der Waals surface area contributed by atoms with E-state index >= 15 is 0 Å². The smallest absolute Gasteiger partial charge is 0.336 e. The number of carbonyl (C=O) groups is 2. The van der Waals surface area contributed by atoms with Gasteiger partial charge in [0.05, 0.1) is 16.7 Å². The van der Waals surface area contributed by atoms with Crippen LogP contribution in [0.15, 0.2) is 36.4 Å². The van der Waals surface area contributed by atoms with Crippen molar-refractivity contribution in [1.82, 2.24) is 0 Å². The van der Waals surface area contributed by atoms with Gasteiger partial charge in [-0.05, 0) is 86.6 Å². The Morgan fingerprint density at radius 1 is 0.946 bits per heavy atom. The topological polar surface area (TPSA) is 93.1 Å². The molecular weight excluding hydrogens is 504 g/mol. The van der Waals surface area contributed by atoms with E-state index in [1.165, 1.54) is 28.6 Å². The molecule has 37 heavy (non-hydrogen) atoms. The molecule has 2 aromatic rings. The lowest BCUT2D eigenvalue weighted by molar-refractivity contribution is 0.0397. The van der Waals surface area contributed by atoms with Crippen molar-refractivity contribution in [3.63, 3.8) is 0 Å². The van der Waals surface area contributed by atoms with E-state index in [1.807, 2.05) is 6.07 Å². The van der Waals surface area contributed by atoms with Crippen LogP contribution in [0.2, 0.25) is 18.1 Å². The number of carboxylic acid groups (broad SMARTS) is 2. The number of aromatic carboxylic acids is 2. The fourth-order valence-electron chi connectivity index (χ4n) is 4.68. The van der Waals surface area contributed by atoms with E-state index in [9.17, 15) is 19.8 Å². The Hall–Kier alpha value is -2.42. The van der Waals surface area contributed by atoms with Gasteiger partial charge in [-0.1, -0.05) is 40.7 Å². The van der Waals surface area contributed by atoms with Gasteiger partial charge < -0.3 is 19.4 Å². The van der Waals surface area contributed by atoms with Gasteiger partial charge in [0, 0.05) is 9.75 Å². The molecule has 0 saturated carbocycles. The van der Waals surface area contributed by atoms with Crippen LogP contribution in [0.4, 0.5) is 0 Å². The molecule has 2 N–H and O–H groups in total. The van der Waals surface area contributed by atoms with E-state index in [4.69, 9.17) is 9.16 Å². The van der Waals surface area contributed by atoms with E-state index in [2.05, 4.69) is 53.7 Å². The standard InChI is InChI=1S/C29H42O6SSi/c1-7-29(8-2,35-37(9-3,10-4)11-5)18-12-13-21(6)26-17-15-23(36-26)20-34-22-14-16-24(27(30)31)25(19-22)28(32)33/h13-17,19H,7-12,18,20H2,1-6H3,(H,30,31)(H,32,33)/b21-13+. The van der Waals surface area contributed by atoms with Gasteiger partial charge in [0.1, 0.15) is 12.4 Å². The molecule has 1 aromatic carbocycles. The van der Waals surface area contributed by atoms with Crippen LogP contribution in [0.5, 0.6) is 5.75 Å². The van der Waals surface area contributed by atoms with Crippen LogP contribution < -0.4 is 4.74 Å². The number of benzene rings is 1. The van der Waals surface area contributed by atoms with Crippen LogP contribution in [0, 0.1) is 0 Å². The summed E-state index contributed by atoms with van der Waals surface area (Å²) < 4.78 is 12.8. The van der Waals surface area contributed by atoms with E-state index in [0.29, 0.717) is 5.75 Å². The maximum Gasteiger partial charge on any atom is 0.336 e. The van der Waals surface area contributed by atoms with Gasteiger partial charge in [0.15, 0.2) is 8.32 Å². The summed E-state index contributed by atoms with van der Waals surface area (Å²) in [7, 11) is -1.68. The zero-order valence-electron chi connectivity index (χ0n) is 23.1. The van der Waals surface area contributed by atoms with E-state index in [-0.39, 0.29) is 23.3 Å². The summed E-state index contributed by atoms with van der Waals surface area (Å²) in [6.45, 7) is 13.8. The SMILES string of the molecule is CCC(CC)(CC/C=C(\C)c1ccc(COc2ccc(C(=O)O)c(C(=O)O)c2)s1)O[Si](CC)(CC)CC. The summed E-state index contributed by atoms with van der Waals surface area (Å²) in [5.74, 6) is -2.25. The number of allylic oxidation sites excluding steroid dienone is 2. The zero-order valence-corrected chi connectivity index (χ0v) is 24.9. The summed E-state index contributed by atoms with van der Waals surface area (Å²) >= 11 is 1.64. The third kappa shape index (κ3) is 8.03. The zero-order chi connectivity index (χ0) is 27.6. The molecule has 0 aliphatic rings. The van der Waals surface area contributed by atoms with Crippen molar-refractivity contribution in [1.29, 1.82) is 0 Å². The number of hydrogen-bond donors (Lipinski definition) is 2. The Balaban J connectivity index is 2.04. The van der Waals surface area contributed by atoms with Gasteiger partial charge in [-0.2, -0.15) is 0 Å². The molecule has 204 valence electrons. The van der Waals surface area contributed by atoms with E-state index < -0.39 is 20.3 Å². The van der Waals surface area contributed by atoms with Crippen molar-refractivity contribution < 1.29 is 29.0 Å². The average Bonchev–Trinajstić information content (AvgIpc) is 3.39. The molecule has 6 nitrogen and oxygen atoms in total. The average molecular weight is 547 g/mol. The lowest BCUT2D eigenvalue weighted by atomic mass is 9.91. The molecule has 1 heterocycles. The molecule has 0 saturated heterocycles. The second kappa shape index (κ2) is 13.9. The van der Waals surface area contributed by atoms with Gasteiger partial charge in [0.25, 0.3) is 0 Å². The summed E-state index contributed by atoms with van der Waals surface area (Å²) in [6.07, 6.45) is 6.35. The first kappa shape index (κ1) is 30.8. The van der Waals surface area contributed by atoms with Crippen LogP contribution >= 0.6 is 11.3 Å². The second-order valence-corrected chi connectivity index (χ2v) is 15.4. The summed E-state index contributed by atoms with van der Waals surface area (Å²) in [6, 6.07) is 11.6. The monoisotopic (exact) mass is 546 g/mol. The molecule has 2 rings (SSSR count). The maximum absolute atomic E-state index is 11.4. The predicted octanol–water partition coefficient (Wildman–Crippen LogP) is 8.49. The summed E-state index contributed by atoms with van der Waals surface area (Å²) in [5.41, 5.74) is 0.629. The highest BCUT2D eigenvalue weighted by molar-refractivity contribution is 7.13. The van der Waals surface area contributed by atoms with Gasteiger partial charge in [-0.25, -0.2) is 9.59 Å².